The predicted octanol–water partition coefficient (Wildman–Crippen LogP) is 1.28. The number of aromatic nitrogens is 3. The highest BCUT2D eigenvalue weighted by atomic mass is 16.5. The Kier molecular flexibility index (Phi) is 5.22. The molecule has 8 heteroatoms. The zero-order chi connectivity index (χ0) is 17.6. The van der Waals surface area contributed by atoms with Crippen molar-refractivity contribution in [2.75, 3.05) is 6.54 Å². The van der Waals surface area contributed by atoms with Crippen LogP contribution in [0, 0.1) is 0 Å². The molecule has 0 bridgehead atoms. The van der Waals surface area contributed by atoms with Gasteiger partial charge in [-0.3, -0.25) is 0 Å². The van der Waals surface area contributed by atoms with Gasteiger partial charge in [-0.15, -0.1) is 0 Å². The fourth-order valence-corrected chi connectivity index (χ4v) is 2.30. The van der Waals surface area contributed by atoms with E-state index in [0.29, 0.717) is 16.7 Å². The molecule has 0 radical (unpaired) electrons. The molecule has 0 saturated heterocycles. The first-order valence-electron chi connectivity index (χ1n) is 7.73. The minimum Gasteiger partial charge on any atom is -0.445 e. The van der Waals surface area contributed by atoms with Crippen molar-refractivity contribution in [1.82, 2.24) is 20.3 Å². The summed E-state index contributed by atoms with van der Waals surface area (Å²) >= 11 is 0. The van der Waals surface area contributed by atoms with Crippen LogP contribution in [0.1, 0.15) is 17.2 Å². The maximum absolute atomic E-state index is 11.7. The van der Waals surface area contributed by atoms with Crippen LogP contribution in [0.15, 0.2) is 48.9 Å². The lowest BCUT2D eigenvalue weighted by molar-refractivity contribution is 0.0183. The number of alkyl carbamates (subject to hydrolysis) is 1. The van der Waals surface area contributed by atoms with Crippen LogP contribution in [0.4, 0.5) is 4.79 Å². The number of benzene rings is 1. The summed E-state index contributed by atoms with van der Waals surface area (Å²) < 4.78 is 5.04. The molecular formula is C17H18N4O4. The molecule has 0 aliphatic rings. The molecule has 2 aromatic heterocycles. The number of amides is 1. The highest BCUT2D eigenvalue weighted by Gasteiger charge is 2.20. The first-order chi connectivity index (χ1) is 12.1. The predicted molar refractivity (Wildman–Crippen MR) is 89.5 cm³/mol. The number of aromatic amines is 1. The van der Waals surface area contributed by atoms with Gasteiger partial charge in [-0.05, 0) is 11.6 Å². The summed E-state index contributed by atoms with van der Waals surface area (Å²) in [5.74, 6) is 0. The van der Waals surface area contributed by atoms with E-state index in [1.165, 1.54) is 12.5 Å². The lowest BCUT2D eigenvalue weighted by Gasteiger charge is -2.18. The summed E-state index contributed by atoms with van der Waals surface area (Å²) in [6.07, 6.45) is -0.141. The molecule has 0 fully saturated rings. The summed E-state index contributed by atoms with van der Waals surface area (Å²) in [7, 11) is 0. The normalized spacial score (nSPS) is 13.4. The number of imidazole rings is 1. The van der Waals surface area contributed by atoms with Crippen LogP contribution in [0.25, 0.3) is 11.2 Å². The molecule has 2 atom stereocenters. The topological polar surface area (TPSA) is 120 Å². The molecule has 1 amide bonds. The van der Waals surface area contributed by atoms with Gasteiger partial charge in [0.05, 0.1) is 11.8 Å². The van der Waals surface area contributed by atoms with Gasteiger partial charge < -0.3 is 25.3 Å². The van der Waals surface area contributed by atoms with E-state index in [1.54, 1.807) is 6.07 Å². The first-order valence-corrected chi connectivity index (χ1v) is 7.73. The van der Waals surface area contributed by atoms with Gasteiger partial charge in [0.2, 0.25) is 0 Å². The number of fused-ring (bicyclic) bond motifs is 1. The number of nitrogens with one attached hydrogen (secondary N) is 2. The van der Waals surface area contributed by atoms with Crippen molar-refractivity contribution >= 4 is 17.3 Å². The highest BCUT2D eigenvalue weighted by molar-refractivity contribution is 5.70. The second-order valence-corrected chi connectivity index (χ2v) is 5.50. The van der Waals surface area contributed by atoms with Crippen LogP contribution in [-0.4, -0.2) is 43.9 Å². The largest absolute Gasteiger partial charge is 0.445 e. The number of pyridine rings is 1. The zero-order valence-electron chi connectivity index (χ0n) is 13.3. The zero-order valence-corrected chi connectivity index (χ0v) is 13.3. The average molecular weight is 342 g/mol. The summed E-state index contributed by atoms with van der Waals surface area (Å²) in [6, 6.07) is 10.9. The number of nitrogens with zero attached hydrogens (tertiary/aromatic N) is 2. The van der Waals surface area contributed by atoms with Crippen molar-refractivity contribution < 1.29 is 19.7 Å². The number of rotatable bonds is 6. The fraction of sp³-hybridized carbons (Fsp3) is 0.235. The Hall–Kier alpha value is -2.97. The molecule has 2 unspecified atom stereocenters. The second-order valence-electron chi connectivity index (χ2n) is 5.50. The van der Waals surface area contributed by atoms with E-state index in [2.05, 4.69) is 20.3 Å². The molecular weight excluding hydrogens is 324 g/mol. The Bertz CT molecular complexity index is 837. The van der Waals surface area contributed by atoms with E-state index in [9.17, 15) is 15.0 Å². The van der Waals surface area contributed by atoms with Gasteiger partial charge in [0.25, 0.3) is 0 Å². The number of carbonyl (C=O) groups is 1. The highest BCUT2D eigenvalue weighted by Crippen LogP contribution is 2.18. The van der Waals surface area contributed by atoms with Gasteiger partial charge in [-0.25, -0.2) is 14.8 Å². The number of hydrogen-bond acceptors (Lipinski definition) is 6. The standard InChI is InChI=1S/C17H18N4O4/c22-14(8-19-17(24)25-9-11-4-2-1-3-5-11)15(23)12-6-13-16(18-7-12)21-10-20-13/h1-7,10,14-15,22-23H,8-9H2,(H,19,24)(H,18,20,21). The molecule has 0 saturated carbocycles. The smallest absolute Gasteiger partial charge is 0.407 e. The van der Waals surface area contributed by atoms with Crippen molar-refractivity contribution in [2.24, 2.45) is 0 Å². The summed E-state index contributed by atoms with van der Waals surface area (Å²) in [6.45, 7) is -0.0263. The third-order valence-corrected chi connectivity index (χ3v) is 3.67. The molecule has 3 rings (SSSR count). The lowest BCUT2D eigenvalue weighted by atomic mass is 10.1. The molecule has 0 aliphatic heterocycles. The fourth-order valence-electron chi connectivity index (χ4n) is 2.30. The molecule has 25 heavy (non-hydrogen) atoms. The van der Waals surface area contributed by atoms with E-state index in [1.807, 2.05) is 30.3 Å². The van der Waals surface area contributed by atoms with Crippen LogP contribution < -0.4 is 5.32 Å². The van der Waals surface area contributed by atoms with Gasteiger partial charge >= 0.3 is 6.09 Å². The molecule has 8 nitrogen and oxygen atoms in total. The Labute approximate surface area is 143 Å². The minimum atomic E-state index is -1.20. The molecule has 4 N–H and O–H groups in total. The van der Waals surface area contributed by atoms with Gasteiger partial charge in [-0.1, -0.05) is 30.3 Å². The van der Waals surface area contributed by atoms with E-state index >= 15 is 0 Å². The quantitative estimate of drug-likeness (QED) is 0.535. The van der Waals surface area contributed by atoms with E-state index in [4.69, 9.17) is 4.74 Å². The van der Waals surface area contributed by atoms with Crippen molar-refractivity contribution in [3.63, 3.8) is 0 Å². The lowest BCUT2D eigenvalue weighted by Crippen LogP contribution is -2.35. The number of ether oxygens (including phenoxy) is 1. The van der Waals surface area contributed by atoms with Crippen molar-refractivity contribution in [2.45, 2.75) is 18.8 Å². The van der Waals surface area contributed by atoms with Crippen molar-refractivity contribution in [3.05, 3.63) is 60.0 Å². The van der Waals surface area contributed by atoms with Gasteiger partial charge in [-0.2, -0.15) is 0 Å². The number of aliphatic hydroxyl groups excluding tert-OH is 2. The van der Waals surface area contributed by atoms with Crippen LogP contribution in [0.5, 0.6) is 0 Å². The van der Waals surface area contributed by atoms with E-state index in [-0.39, 0.29) is 13.2 Å². The van der Waals surface area contributed by atoms with Crippen molar-refractivity contribution in [1.29, 1.82) is 0 Å². The third kappa shape index (κ3) is 4.31. The maximum atomic E-state index is 11.7. The maximum Gasteiger partial charge on any atom is 0.407 e. The first kappa shape index (κ1) is 16.9. The Morgan fingerprint density at radius 1 is 1.24 bits per heavy atom. The number of aliphatic hydroxyl groups is 2. The molecule has 3 aromatic rings. The van der Waals surface area contributed by atoms with Gasteiger partial charge in [0, 0.05) is 18.3 Å². The summed E-state index contributed by atoms with van der Waals surface area (Å²) in [4.78, 5) is 22.6. The molecule has 130 valence electrons. The third-order valence-electron chi connectivity index (χ3n) is 3.67. The number of carbonyl (C=O) groups excluding carboxylic acids is 1. The average Bonchev–Trinajstić information content (AvgIpc) is 3.12. The van der Waals surface area contributed by atoms with E-state index < -0.39 is 18.3 Å². The number of H-pyrrole nitrogens is 1. The molecule has 1 aromatic carbocycles. The summed E-state index contributed by atoms with van der Waals surface area (Å²) in [5, 5.41) is 22.7. The monoisotopic (exact) mass is 342 g/mol. The Morgan fingerprint density at radius 2 is 2.04 bits per heavy atom. The number of hydrogen-bond donors (Lipinski definition) is 4. The van der Waals surface area contributed by atoms with E-state index in [0.717, 1.165) is 5.56 Å². The molecule has 0 aliphatic carbocycles. The molecule has 2 heterocycles. The Balaban J connectivity index is 1.49. The van der Waals surface area contributed by atoms with Gasteiger partial charge in [0.15, 0.2) is 5.65 Å². The SMILES string of the molecule is O=C(NCC(O)C(O)c1cnc2nc[nH]c2c1)OCc1ccccc1. The van der Waals surface area contributed by atoms with Crippen LogP contribution in [-0.2, 0) is 11.3 Å². The van der Waals surface area contributed by atoms with Crippen LogP contribution in [0.2, 0.25) is 0 Å². The molecule has 0 spiro atoms. The second kappa shape index (κ2) is 7.73. The van der Waals surface area contributed by atoms with Crippen molar-refractivity contribution in [3.8, 4) is 0 Å². The minimum absolute atomic E-state index is 0.131. The summed E-state index contributed by atoms with van der Waals surface area (Å²) in [5.41, 5.74) is 2.45. The Morgan fingerprint density at radius 3 is 2.84 bits per heavy atom. The van der Waals surface area contributed by atoms with Gasteiger partial charge in [0.1, 0.15) is 18.8 Å². The van der Waals surface area contributed by atoms with Crippen LogP contribution in [0.3, 0.4) is 0 Å². The van der Waals surface area contributed by atoms with Crippen LogP contribution >= 0.6 is 0 Å².